The number of aryl methyl sites for hydroxylation is 3. The zero-order valence-corrected chi connectivity index (χ0v) is 18.7. The number of benzene rings is 3. The predicted molar refractivity (Wildman–Crippen MR) is 131 cm³/mol. The molecule has 0 saturated carbocycles. The molecule has 0 unspecified atom stereocenters. The van der Waals surface area contributed by atoms with Crippen LogP contribution < -0.4 is 10.6 Å². The molecule has 0 aromatic heterocycles. The van der Waals surface area contributed by atoms with E-state index in [2.05, 4.69) is 24.4 Å². The van der Waals surface area contributed by atoms with Crippen LogP contribution in [0.3, 0.4) is 0 Å². The van der Waals surface area contributed by atoms with Crippen molar-refractivity contribution in [3.63, 3.8) is 0 Å². The van der Waals surface area contributed by atoms with E-state index in [1.54, 1.807) is 0 Å². The Labute approximate surface area is 185 Å². The van der Waals surface area contributed by atoms with E-state index >= 15 is 0 Å². The largest absolute Gasteiger partial charge is 0.322 e. The van der Waals surface area contributed by atoms with Crippen LogP contribution in [-0.4, -0.2) is 19.1 Å². The molecule has 3 aromatic rings. The molecule has 31 heavy (non-hydrogen) atoms. The summed E-state index contributed by atoms with van der Waals surface area (Å²) in [5.74, 6) is -0.285. The SMILES string of the molecule is CBCc1ccc(C(=O)Nc2cc(C)c(NC(=O)c3ccc(CC)cc3)cc2C)cc1. The van der Waals surface area contributed by atoms with E-state index < -0.39 is 0 Å². The maximum Gasteiger partial charge on any atom is 0.255 e. The van der Waals surface area contributed by atoms with Crippen molar-refractivity contribution < 1.29 is 9.59 Å². The zero-order chi connectivity index (χ0) is 22.4. The third-order valence-electron chi connectivity index (χ3n) is 5.45. The Bertz CT molecular complexity index is 1070. The molecule has 0 heterocycles. The molecule has 0 aliphatic carbocycles. The van der Waals surface area contributed by atoms with Gasteiger partial charge >= 0.3 is 0 Å². The molecule has 5 heteroatoms. The highest BCUT2D eigenvalue weighted by Gasteiger charge is 2.12. The highest BCUT2D eigenvalue weighted by molar-refractivity contribution is 6.32. The Morgan fingerprint density at radius 1 is 0.742 bits per heavy atom. The second-order valence-corrected chi connectivity index (χ2v) is 7.89. The molecule has 0 fully saturated rings. The summed E-state index contributed by atoms with van der Waals surface area (Å²) in [5, 5.41) is 5.98. The van der Waals surface area contributed by atoms with E-state index in [1.165, 1.54) is 11.1 Å². The summed E-state index contributed by atoms with van der Waals surface area (Å²) in [6, 6.07) is 19.2. The highest BCUT2D eigenvalue weighted by Crippen LogP contribution is 2.25. The molecule has 3 aromatic carbocycles. The lowest BCUT2D eigenvalue weighted by molar-refractivity contribution is 0.101. The van der Waals surface area contributed by atoms with Crippen LogP contribution in [0.25, 0.3) is 0 Å². The Balaban J connectivity index is 1.71. The molecule has 0 aliphatic heterocycles. The maximum absolute atomic E-state index is 12.7. The molecule has 2 N–H and O–H groups in total. The van der Waals surface area contributed by atoms with E-state index in [4.69, 9.17) is 0 Å². The standard InChI is InChI=1S/C26H29BN2O2/c1-5-19-6-10-21(11-7-19)25(30)28-23-14-18(3)24(15-17(23)2)29-26(31)22-12-8-20(9-13-22)16-27-4/h6-15,27H,5,16H2,1-4H3,(H,28,30)(H,29,31). The fourth-order valence-electron chi connectivity index (χ4n) is 3.48. The molecule has 0 saturated heterocycles. The lowest BCUT2D eigenvalue weighted by Crippen LogP contribution is -2.15. The predicted octanol–water partition coefficient (Wildman–Crippen LogP) is 5.36. The van der Waals surface area contributed by atoms with Crippen LogP contribution in [0.15, 0.2) is 60.7 Å². The topological polar surface area (TPSA) is 58.2 Å². The van der Waals surface area contributed by atoms with Crippen molar-refractivity contribution in [1.82, 2.24) is 0 Å². The molecule has 0 atom stereocenters. The van der Waals surface area contributed by atoms with Gasteiger partial charge in [-0.25, -0.2) is 0 Å². The number of hydrogen-bond acceptors (Lipinski definition) is 2. The Kier molecular flexibility index (Phi) is 7.30. The van der Waals surface area contributed by atoms with Crippen molar-refractivity contribution in [3.8, 4) is 0 Å². The van der Waals surface area contributed by atoms with Crippen LogP contribution in [0, 0.1) is 13.8 Å². The van der Waals surface area contributed by atoms with E-state index in [0.29, 0.717) is 11.1 Å². The molecule has 4 nitrogen and oxygen atoms in total. The molecule has 158 valence electrons. The van der Waals surface area contributed by atoms with Crippen LogP contribution in [0.4, 0.5) is 11.4 Å². The second kappa shape index (κ2) is 10.1. The number of carbonyl (C=O) groups is 2. The summed E-state index contributed by atoms with van der Waals surface area (Å²) in [4.78, 5) is 25.3. The van der Waals surface area contributed by atoms with Crippen LogP contribution in [0.1, 0.15) is 49.9 Å². The Morgan fingerprint density at radius 3 is 1.55 bits per heavy atom. The van der Waals surface area contributed by atoms with Crippen molar-refractivity contribution in [2.45, 2.75) is 40.3 Å². The van der Waals surface area contributed by atoms with Gasteiger partial charge in [-0.15, -0.1) is 0 Å². The summed E-state index contributed by atoms with van der Waals surface area (Å²) in [5.41, 5.74) is 6.94. The number of carbonyl (C=O) groups excluding carboxylic acids is 2. The molecule has 0 radical (unpaired) electrons. The first kappa shape index (κ1) is 22.4. The summed E-state index contributed by atoms with van der Waals surface area (Å²) in [7, 11) is 1.08. The normalized spacial score (nSPS) is 10.5. The maximum atomic E-state index is 12.7. The monoisotopic (exact) mass is 412 g/mol. The van der Waals surface area contributed by atoms with Crippen molar-refractivity contribution in [3.05, 3.63) is 94.0 Å². The molecule has 2 amide bonds. The van der Waals surface area contributed by atoms with Gasteiger partial charge in [0, 0.05) is 22.5 Å². The van der Waals surface area contributed by atoms with Gasteiger partial charge in [-0.2, -0.15) is 0 Å². The van der Waals surface area contributed by atoms with Crippen molar-refractivity contribution in [1.29, 1.82) is 0 Å². The van der Waals surface area contributed by atoms with Crippen LogP contribution >= 0.6 is 0 Å². The lowest BCUT2D eigenvalue weighted by atomic mass is 9.75. The Morgan fingerprint density at radius 2 is 1.16 bits per heavy atom. The van der Waals surface area contributed by atoms with E-state index in [-0.39, 0.29) is 11.8 Å². The summed E-state index contributed by atoms with van der Waals surface area (Å²) < 4.78 is 0. The summed E-state index contributed by atoms with van der Waals surface area (Å²) in [6.45, 7) is 8.07. The average Bonchev–Trinajstić information content (AvgIpc) is 2.77. The highest BCUT2D eigenvalue weighted by atomic mass is 16.2. The van der Waals surface area contributed by atoms with E-state index in [9.17, 15) is 9.59 Å². The zero-order valence-electron chi connectivity index (χ0n) is 18.7. The minimum atomic E-state index is -0.144. The smallest absolute Gasteiger partial charge is 0.255 e. The number of hydrogen-bond donors (Lipinski definition) is 2. The first-order valence-electron chi connectivity index (χ1n) is 10.8. The summed E-state index contributed by atoms with van der Waals surface area (Å²) in [6.07, 6.45) is 1.95. The van der Waals surface area contributed by atoms with Gasteiger partial charge in [0.15, 0.2) is 0 Å². The van der Waals surface area contributed by atoms with Gasteiger partial charge in [-0.05, 0) is 73.4 Å². The Hall–Kier alpha value is -3.34. The third kappa shape index (κ3) is 5.63. The van der Waals surface area contributed by atoms with Gasteiger partial charge in [0.05, 0.1) is 0 Å². The van der Waals surface area contributed by atoms with Gasteiger partial charge in [0.1, 0.15) is 7.28 Å². The quantitative estimate of drug-likeness (QED) is 0.514. The molecule has 0 spiro atoms. The van der Waals surface area contributed by atoms with Crippen LogP contribution in [0.5, 0.6) is 0 Å². The van der Waals surface area contributed by atoms with Gasteiger partial charge in [-0.3, -0.25) is 9.59 Å². The minimum absolute atomic E-state index is 0.140. The van der Waals surface area contributed by atoms with Crippen molar-refractivity contribution in [2.24, 2.45) is 0 Å². The van der Waals surface area contributed by atoms with Gasteiger partial charge < -0.3 is 10.6 Å². The molecule has 0 aliphatic rings. The summed E-state index contributed by atoms with van der Waals surface area (Å²) >= 11 is 0. The molecule has 0 bridgehead atoms. The number of nitrogens with one attached hydrogen (secondary N) is 2. The van der Waals surface area contributed by atoms with E-state index in [0.717, 1.165) is 42.5 Å². The third-order valence-corrected chi connectivity index (χ3v) is 5.45. The second-order valence-electron chi connectivity index (χ2n) is 7.89. The molecular formula is C26H29BN2O2. The number of amides is 2. The van der Waals surface area contributed by atoms with E-state index in [1.807, 2.05) is 74.5 Å². The fourth-order valence-corrected chi connectivity index (χ4v) is 3.48. The number of rotatable bonds is 7. The van der Waals surface area contributed by atoms with Crippen molar-refractivity contribution in [2.75, 3.05) is 10.6 Å². The van der Waals surface area contributed by atoms with Gasteiger partial charge in [0.2, 0.25) is 0 Å². The fraction of sp³-hybridized carbons (Fsp3) is 0.231. The molecular weight excluding hydrogens is 383 g/mol. The average molecular weight is 412 g/mol. The first-order valence-corrected chi connectivity index (χ1v) is 10.8. The van der Waals surface area contributed by atoms with Gasteiger partial charge in [-0.1, -0.05) is 49.9 Å². The van der Waals surface area contributed by atoms with Crippen LogP contribution in [0.2, 0.25) is 6.82 Å². The lowest BCUT2D eigenvalue weighted by Gasteiger charge is -2.14. The minimum Gasteiger partial charge on any atom is -0.322 e. The van der Waals surface area contributed by atoms with Gasteiger partial charge in [0.25, 0.3) is 11.8 Å². The molecule has 3 rings (SSSR count). The number of anilines is 2. The van der Waals surface area contributed by atoms with Crippen molar-refractivity contribution >= 4 is 30.5 Å². The first-order chi connectivity index (χ1) is 14.9. The van der Waals surface area contributed by atoms with Crippen LogP contribution in [-0.2, 0) is 12.7 Å².